The number of carbonyl (C=O) groups is 1. The van der Waals surface area contributed by atoms with E-state index in [1.54, 1.807) is 12.1 Å². The molecule has 2 heterocycles. The SMILES string of the molecule is CC(C)c1nc2c(Cl)cc(C(F)(F)F)cn2c1COC(=O)CCOc1ccccc1. The summed E-state index contributed by atoms with van der Waals surface area (Å²) in [6.07, 6.45) is -3.65. The van der Waals surface area contributed by atoms with Gasteiger partial charge >= 0.3 is 12.1 Å². The van der Waals surface area contributed by atoms with Gasteiger partial charge in [-0.15, -0.1) is 0 Å². The Bertz CT molecular complexity index is 1030. The van der Waals surface area contributed by atoms with Crippen LogP contribution in [0.1, 0.15) is 43.1 Å². The highest BCUT2D eigenvalue weighted by molar-refractivity contribution is 6.33. The van der Waals surface area contributed by atoms with Crippen molar-refractivity contribution in [2.45, 2.75) is 39.0 Å². The van der Waals surface area contributed by atoms with Crippen LogP contribution in [0.2, 0.25) is 5.02 Å². The number of alkyl halides is 3. The third kappa shape index (κ3) is 5.05. The van der Waals surface area contributed by atoms with Crippen LogP contribution >= 0.6 is 11.6 Å². The first-order valence-electron chi connectivity index (χ1n) is 9.28. The molecule has 0 amide bonds. The van der Waals surface area contributed by atoms with Crippen LogP contribution in [0.15, 0.2) is 42.6 Å². The Morgan fingerprint density at radius 3 is 2.57 bits per heavy atom. The molecule has 0 N–H and O–H groups in total. The summed E-state index contributed by atoms with van der Waals surface area (Å²) < 4.78 is 51.6. The van der Waals surface area contributed by atoms with Gasteiger partial charge < -0.3 is 9.47 Å². The maximum Gasteiger partial charge on any atom is 0.417 e. The molecule has 0 bridgehead atoms. The van der Waals surface area contributed by atoms with Crippen molar-refractivity contribution in [2.75, 3.05) is 6.61 Å². The minimum atomic E-state index is -4.57. The second-order valence-electron chi connectivity index (χ2n) is 6.94. The average molecular weight is 441 g/mol. The molecule has 0 aliphatic carbocycles. The zero-order chi connectivity index (χ0) is 21.9. The molecule has 5 nitrogen and oxygen atoms in total. The number of esters is 1. The molecular formula is C21H20ClF3N2O3. The lowest BCUT2D eigenvalue weighted by molar-refractivity contribution is -0.145. The summed E-state index contributed by atoms with van der Waals surface area (Å²) in [7, 11) is 0. The highest BCUT2D eigenvalue weighted by Gasteiger charge is 2.32. The Kier molecular flexibility index (Phi) is 6.55. The number of imidazole rings is 1. The lowest BCUT2D eigenvalue weighted by Crippen LogP contribution is -2.12. The van der Waals surface area contributed by atoms with Gasteiger partial charge in [-0.3, -0.25) is 9.20 Å². The van der Waals surface area contributed by atoms with Crippen LogP contribution in [0.5, 0.6) is 5.75 Å². The number of para-hydroxylation sites is 1. The summed E-state index contributed by atoms with van der Waals surface area (Å²) in [6, 6.07) is 9.84. The maximum absolute atomic E-state index is 13.2. The van der Waals surface area contributed by atoms with Gasteiger partial charge in [-0.25, -0.2) is 4.98 Å². The number of hydrogen-bond acceptors (Lipinski definition) is 4. The molecule has 0 saturated carbocycles. The lowest BCUT2D eigenvalue weighted by Gasteiger charge is -2.11. The van der Waals surface area contributed by atoms with Crippen LogP contribution < -0.4 is 4.74 Å². The van der Waals surface area contributed by atoms with Crippen molar-refractivity contribution in [2.24, 2.45) is 0 Å². The Morgan fingerprint density at radius 1 is 1.23 bits per heavy atom. The van der Waals surface area contributed by atoms with Crippen molar-refractivity contribution in [3.63, 3.8) is 0 Å². The van der Waals surface area contributed by atoms with Gasteiger partial charge in [0.05, 0.1) is 35.0 Å². The summed E-state index contributed by atoms with van der Waals surface area (Å²) in [5.74, 6) is -0.0115. The molecule has 0 radical (unpaired) electrons. The molecule has 0 unspecified atom stereocenters. The van der Waals surface area contributed by atoms with Crippen molar-refractivity contribution < 1.29 is 27.4 Å². The maximum atomic E-state index is 13.2. The third-order valence-electron chi connectivity index (χ3n) is 4.37. The quantitative estimate of drug-likeness (QED) is 0.446. The van der Waals surface area contributed by atoms with E-state index in [-0.39, 0.29) is 36.2 Å². The number of nitrogens with zero attached hydrogens (tertiary/aromatic N) is 2. The molecule has 0 aliphatic heterocycles. The molecule has 30 heavy (non-hydrogen) atoms. The number of aromatic nitrogens is 2. The second kappa shape index (κ2) is 8.95. The van der Waals surface area contributed by atoms with E-state index in [0.29, 0.717) is 17.1 Å². The zero-order valence-electron chi connectivity index (χ0n) is 16.4. The summed E-state index contributed by atoms with van der Waals surface area (Å²) >= 11 is 6.04. The standard InChI is InChI=1S/C21H20ClF3N2O3/c1-13(2)19-17(12-30-18(28)8-9-29-15-6-4-3-5-7-15)27-11-14(21(23,24)25)10-16(22)20(27)26-19/h3-7,10-11,13H,8-9,12H2,1-2H3. The van der Waals surface area contributed by atoms with Gasteiger partial charge in [-0.2, -0.15) is 13.2 Å². The Morgan fingerprint density at radius 2 is 1.93 bits per heavy atom. The number of fused-ring (bicyclic) bond motifs is 1. The molecule has 0 aliphatic rings. The van der Waals surface area contributed by atoms with Gasteiger partial charge in [0.2, 0.25) is 0 Å². The van der Waals surface area contributed by atoms with Crippen molar-refractivity contribution in [1.29, 1.82) is 0 Å². The summed E-state index contributed by atoms with van der Waals surface area (Å²) in [4.78, 5) is 16.5. The van der Waals surface area contributed by atoms with Crippen LogP contribution in [0, 0.1) is 0 Å². The summed E-state index contributed by atoms with van der Waals surface area (Å²) in [6.45, 7) is 3.59. The van der Waals surface area contributed by atoms with Gasteiger partial charge in [-0.1, -0.05) is 43.6 Å². The number of hydrogen-bond donors (Lipinski definition) is 0. The number of pyridine rings is 1. The van der Waals surface area contributed by atoms with E-state index < -0.39 is 17.7 Å². The topological polar surface area (TPSA) is 52.8 Å². The normalized spacial score (nSPS) is 11.8. The second-order valence-corrected chi connectivity index (χ2v) is 7.35. The molecule has 0 atom stereocenters. The van der Waals surface area contributed by atoms with Gasteiger partial charge in [-0.05, 0) is 24.1 Å². The minimum Gasteiger partial charge on any atom is -0.493 e. The third-order valence-corrected chi connectivity index (χ3v) is 4.65. The molecule has 0 fully saturated rings. The number of rotatable bonds is 7. The van der Waals surface area contributed by atoms with Gasteiger partial charge in [0.25, 0.3) is 0 Å². The van der Waals surface area contributed by atoms with Crippen LogP contribution in [-0.4, -0.2) is 22.0 Å². The fourth-order valence-electron chi connectivity index (χ4n) is 2.92. The summed E-state index contributed by atoms with van der Waals surface area (Å²) in [5.41, 5.74) is 0.151. The first-order valence-corrected chi connectivity index (χ1v) is 9.65. The van der Waals surface area contributed by atoms with E-state index in [4.69, 9.17) is 21.1 Å². The molecule has 160 valence electrons. The number of halogens is 4. The van der Waals surface area contributed by atoms with Gasteiger partial charge in [0, 0.05) is 6.20 Å². The number of carbonyl (C=O) groups excluding carboxylic acids is 1. The van der Waals surface area contributed by atoms with E-state index in [1.807, 2.05) is 32.0 Å². The highest BCUT2D eigenvalue weighted by atomic mass is 35.5. The fraction of sp³-hybridized carbons (Fsp3) is 0.333. The van der Waals surface area contributed by atoms with E-state index in [2.05, 4.69) is 4.98 Å². The smallest absolute Gasteiger partial charge is 0.417 e. The van der Waals surface area contributed by atoms with Crippen molar-refractivity contribution in [3.8, 4) is 5.75 Å². The first kappa shape index (κ1) is 22.0. The van der Waals surface area contributed by atoms with Gasteiger partial charge in [0.15, 0.2) is 5.65 Å². The largest absolute Gasteiger partial charge is 0.493 e. The molecule has 2 aromatic heterocycles. The van der Waals surface area contributed by atoms with Crippen molar-refractivity contribution >= 4 is 23.2 Å². The monoisotopic (exact) mass is 440 g/mol. The predicted octanol–water partition coefficient (Wildman–Crippen LogP) is 5.64. The summed E-state index contributed by atoms with van der Waals surface area (Å²) in [5, 5.41) is -0.124. The Balaban J connectivity index is 1.76. The van der Waals surface area contributed by atoms with Crippen LogP contribution in [0.4, 0.5) is 13.2 Å². The first-order chi connectivity index (χ1) is 14.2. The fourth-order valence-corrected chi connectivity index (χ4v) is 3.17. The predicted molar refractivity (Wildman–Crippen MR) is 106 cm³/mol. The zero-order valence-corrected chi connectivity index (χ0v) is 17.1. The number of benzene rings is 1. The molecule has 1 aromatic carbocycles. The lowest BCUT2D eigenvalue weighted by atomic mass is 10.1. The van der Waals surface area contributed by atoms with E-state index in [9.17, 15) is 18.0 Å². The van der Waals surface area contributed by atoms with E-state index >= 15 is 0 Å². The van der Waals surface area contributed by atoms with Crippen molar-refractivity contribution in [1.82, 2.24) is 9.38 Å². The van der Waals surface area contributed by atoms with Crippen LogP contribution in [-0.2, 0) is 22.3 Å². The molecule has 3 aromatic rings. The average Bonchev–Trinajstić information content (AvgIpc) is 3.06. The molecule has 9 heteroatoms. The Hall–Kier alpha value is -2.74. The van der Waals surface area contributed by atoms with Crippen LogP contribution in [0.25, 0.3) is 5.65 Å². The van der Waals surface area contributed by atoms with Gasteiger partial charge in [0.1, 0.15) is 12.4 Å². The number of ether oxygens (including phenoxy) is 2. The molecule has 0 spiro atoms. The Labute approximate surface area is 176 Å². The molecular weight excluding hydrogens is 421 g/mol. The minimum absolute atomic E-state index is 0.00278. The van der Waals surface area contributed by atoms with Crippen molar-refractivity contribution in [3.05, 3.63) is 64.6 Å². The molecule has 0 saturated heterocycles. The molecule has 3 rings (SSSR count). The van der Waals surface area contributed by atoms with E-state index in [1.165, 1.54) is 4.40 Å². The van der Waals surface area contributed by atoms with Crippen LogP contribution in [0.3, 0.4) is 0 Å². The van der Waals surface area contributed by atoms with E-state index in [0.717, 1.165) is 12.3 Å². The highest BCUT2D eigenvalue weighted by Crippen LogP contribution is 2.34.